The Kier molecular flexibility index (Phi) is 9.08. The number of thioether (sulfide) groups is 1. The highest BCUT2D eigenvalue weighted by Crippen LogP contribution is 2.38. The second kappa shape index (κ2) is 12.3. The van der Waals surface area contributed by atoms with Gasteiger partial charge >= 0.3 is 0 Å². The van der Waals surface area contributed by atoms with Gasteiger partial charge < -0.3 is 9.47 Å². The molecule has 0 N–H and O–H groups in total. The molecule has 3 aromatic carbocycles. The van der Waals surface area contributed by atoms with Crippen molar-refractivity contribution in [1.82, 2.24) is 4.90 Å². The van der Waals surface area contributed by atoms with Crippen LogP contribution in [0, 0.1) is 13.8 Å². The monoisotopic (exact) mass is 569 g/mol. The Hall–Kier alpha value is -2.93. The fourth-order valence-electron chi connectivity index (χ4n) is 4.09. The van der Waals surface area contributed by atoms with Crippen molar-refractivity contribution in [2.45, 2.75) is 40.2 Å². The molecule has 38 heavy (non-hydrogen) atoms. The summed E-state index contributed by atoms with van der Waals surface area (Å²) in [6, 6.07) is 17.4. The predicted octanol–water partition coefficient (Wildman–Crippen LogP) is 8.43. The van der Waals surface area contributed by atoms with Gasteiger partial charge in [-0.3, -0.25) is 14.5 Å². The van der Waals surface area contributed by atoms with Gasteiger partial charge in [-0.1, -0.05) is 79.0 Å². The smallest absolute Gasteiger partial charge is 0.293 e. The zero-order valence-electron chi connectivity index (χ0n) is 21.7. The molecule has 2 amide bonds. The van der Waals surface area contributed by atoms with Crippen molar-refractivity contribution in [3.8, 4) is 11.5 Å². The van der Waals surface area contributed by atoms with E-state index in [1.54, 1.807) is 18.2 Å². The van der Waals surface area contributed by atoms with E-state index in [1.165, 1.54) is 4.90 Å². The van der Waals surface area contributed by atoms with E-state index in [-0.39, 0.29) is 24.3 Å². The van der Waals surface area contributed by atoms with E-state index in [9.17, 15) is 9.59 Å². The maximum atomic E-state index is 13.0. The first kappa shape index (κ1) is 28.1. The fourth-order valence-corrected chi connectivity index (χ4v) is 5.57. The minimum atomic E-state index is -0.371. The highest BCUT2D eigenvalue weighted by atomic mass is 35.5. The number of halogens is 2. The summed E-state index contributed by atoms with van der Waals surface area (Å²) < 4.78 is 11.8. The zero-order valence-corrected chi connectivity index (χ0v) is 24.0. The van der Waals surface area contributed by atoms with Crippen LogP contribution in [0.2, 0.25) is 10.0 Å². The molecule has 198 valence electrons. The highest BCUT2D eigenvalue weighted by molar-refractivity contribution is 8.18. The van der Waals surface area contributed by atoms with Crippen LogP contribution in [0.4, 0.5) is 4.79 Å². The number of benzene rings is 3. The molecule has 1 fully saturated rings. The number of amides is 2. The molecule has 0 aromatic heterocycles. The summed E-state index contributed by atoms with van der Waals surface area (Å²) in [4.78, 5) is 27.1. The average molecular weight is 571 g/mol. The Balaban J connectivity index is 1.41. The minimum Gasteiger partial charge on any atom is -0.491 e. The molecule has 0 atom stereocenters. The van der Waals surface area contributed by atoms with E-state index >= 15 is 0 Å². The van der Waals surface area contributed by atoms with Gasteiger partial charge in [-0.05, 0) is 78.1 Å². The maximum Gasteiger partial charge on any atom is 0.293 e. The lowest BCUT2D eigenvalue weighted by atomic mass is 10.0. The Morgan fingerprint density at radius 2 is 1.66 bits per heavy atom. The molecule has 0 aliphatic carbocycles. The third-order valence-corrected chi connectivity index (χ3v) is 7.49. The van der Waals surface area contributed by atoms with Crippen LogP contribution < -0.4 is 9.47 Å². The number of imide groups is 1. The molecule has 0 bridgehead atoms. The van der Waals surface area contributed by atoms with Crippen molar-refractivity contribution in [2.24, 2.45) is 0 Å². The predicted molar refractivity (Wildman–Crippen MR) is 155 cm³/mol. The summed E-state index contributed by atoms with van der Waals surface area (Å²) in [5, 5.41) is 0.305. The topological polar surface area (TPSA) is 55.8 Å². The summed E-state index contributed by atoms with van der Waals surface area (Å²) in [5.41, 5.74) is 4.91. The molecule has 1 aliphatic heterocycles. The molecule has 0 spiro atoms. The van der Waals surface area contributed by atoms with Crippen molar-refractivity contribution in [3.63, 3.8) is 0 Å². The molecule has 0 saturated carbocycles. The number of rotatable bonds is 9. The van der Waals surface area contributed by atoms with Crippen molar-refractivity contribution in [2.75, 3.05) is 13.2 Å². The van der Waals surface area contributed by atoms with Crippen LogP contribution in [0.1, 0.15) is 47.6 Å². The number of aryl methyl sites for hydroxylation is 2. The number of carbonyl (C=O) groups is 2. The zero-order chi connectivity index (χ0) is 27.4. The molecule has 5 nitrogen and oxygen atoms in total. The normalized spacial score (nSPS) is 14.6. The van der Waals surface area contributed by atoms with Gasteiger partial charge in [0.05, 0.1) is 21.5 Å². The quantitative estimate of drug-likeness (QED) is 0.242. The largest absolute Gasteiger partial charge is 0.491 e. The Morgan fingerprint density at radius 3 is 2.34 bits per heavy atom. The summed E-state index contributed by atoms with van der Waals surface area (Å²) in [7, 11) is 0. The number of hydrogen-bond acceptors (Lipinski definition) is 5. The molecule has 3 aromatic rings. The Bertz CT molecular complexity index is 1380. The minimum absolute atomic E-state index is 0.154. The van der Waals surface area contributed by atoms with Gasteiger partial charge in [0.2, 0.25) is 0 Å². The molecule has 1 aliphatic rings. The van der Waals surface area contributed by atoms with Crippen LogP contribution >= 0.6 is 35.0 Å². The van der Waals surface area contributed by atoms with Gasteiger partial charge in [0.25, 0.3) is 11.1 Å². The molecular formula is C30H29Cl2NO4S. The van der Waals surface area contributed by atoms with Crippen LogP contribution in [-0.4, -0.2) is 29.2 Å². The van der Waals surface area contributed by atoms with E-state index in [2.05, 4.69) is 13.8 Å². The standard InChI is InChI=1S/C30H29Cl2NO4S/c1-18(2)23-9-8-20(4)13-26(23)36-11-10-33-29(34)27(38-30(33)35)16-22-14-24(31)28(25(32)15-22)37-17-21-7-5-6-19(3)12-21/h5-9,12-16,18H,10-11,17H2,1-4H3/b27-16-. The van der Waals surface area contributed by atoms with Crippen molar-refractivity contribution >= 4 is 52.2 Å². The second-order valence-corrected chi connectivity index (χ2v) is 11.3. The summed E-state index contributed by atoms with van der Waals surface area (Å²) in [5.74, 6) is 1.07. The van der Waals surface area contributed by atoms with E-state index in [0.29, 0.717) is 38.8 Å². The van der Waals surface area contributed by atoms with Gasteiger partial charge in [0.1, 0.15) is 19.0 Å². The lowest BCUT2D eigenvalue weighted by Gasteiger charge is -2.17. The number of hydrogen-bond donors (Lipinski definition) is 0. The van der Waals surface area contributed by atoms with Gasteiger partial charge in [-0.25, -0.2) is 0 Å². The van der Waals surface area contributed by atoms with Gasteiger partial charge in [-0.15, -0.1) is 0 Å². The first-order valence-corrected chi connectivity index (χ1v) is 13.9. The van der Waals surface area contributed by atoms with E-state index in [4.69, 9.17) is 32.7 Å². The van der Waals surface area contributed by atoms with Gasteiger partial charge in [-0.2, -0.15) is 0 Å². The van der Waals surface area contributed by atoms with Crippen LogP contribution in [0.5, 0.6) is 11.5 Å². The summed E-state index contributed by atoms with van der Waals surface area (Å²) >= 11 is 13.8. The first-order chi connectivity index (χ1) is 18.1. The summed E-state index contributed by atoms with van der Waals surface area (Å²) in [6.45, 7) is 8.89. The van der Waals surface area contributed by atoms with Crippen LogP contribution in [0.3, 0.4) is 0 Å². The second-order valence-electron chi connectivity index (χ2n) is 9.47. The van der Waals surface area contributed by atoms with E-state index in [0.717, 1.165) is 39.8 Å². The number of nitrogens with zero attached hydrogens (tertiary/aromatic N) is 1. The fraction of sp³-hybridized carbons (Fsp3) is 0.267. The third-order valence-electron chi connectivity index (χ3n) is 6.02. The molecule has 1 saturated heterocycles. The lowest BCUT2D eigenvalue weighted by Crippen LogP contribution is -2.32. The maximum absolute atomic E-state index is 13.0. The SMILES string of the molecule is Cc1cccc(COc2c(Cl)cc(/C=C3\SC(=O)N(CCOc4cc(C)ccc4C(C)C)C3=O)cc2Cl)c1. The van der Waals surface area contributed by atoms with Crippen LogP contribution in [0.25, 0.3) is 6.08 Å². The molecule has 1 heterocycles. The van der Waals surface area contributed by atoms with Crippen molar-refractivity contribution < 1.29 is 19.1 Å². The van der Waals surface area contributed by atoms with Crippen molar-refractivity contribution in [3.05, 3.63) is 97.4 Å². The average Bonchev–Trinajstić information content (AvgIpc) is 3.10. The van der Waals surface area contributed by atoms with Crippen molar-refractivity contribution in [1.29, 1.82) is 0 Å². The van der Waals surface area contributed by atoms with Crippen LogP contribution in [-0.2, 0) is 11.4 Å². The number of ether oxygens (including phenoxy) is 2. The first-order valence-electron chi connectivity index (χ1n) is 12.3. The van der Waals surface area contributed by atoms with Gasteiger partial charge in [0.15, 0.2) is 5.75 Å². The highest BCUT2D eigenvalue weighted by Gasteiger charge is 2.35. The van der Waals surface area contributed by atoms with Crippen LogP contribution in [0.15, 0.2) is 59.5 Å². The van der Waals surface area contributed by atoms with E-state index < -0.39 is 0 Å². The molecule has 0 unspecified atom stereocenters. The lowest BCUT2D eigenvalue weighted by molar-refractivity contribution is -0.123. The Labute approximate surface area is 237 Å². The number of carbonyl (C=O) groups excluding carboxylic acids is 2. The Morgan fingerprint density at radius 1 is 0.947 bits per heavy atom. The molecule has 4 rings (SSSR count). The molecule has 8 heteroatoms. The molecular weight excluding hydrogens is 541 g/mol. The third kappa shape index (κ3) is 6.73. The van der Waals surface area contributed by atoms with Gasteiger partial charge in [0, 0.05) is 0 Å². The summed E-state index contributed by atoms with van der Waals surface area (Å²) in [6.07, 6.45) is 1.62. The van der Waals surface area contributed by atoms with E-state index in [1.807, 2.05) is 56.3 Å². The molecule has 0 radical (unpaired) electrons.